The minimum Gasteiger partial charge on any atom is -0.478 e. The fourth-order valence-corrected chi connectivity index (χ4v) is 2.30. The number of halogens is 2. The number of carboxylic acids is 2. The lowest BCUT2D eigenvalue weighted by molar-refractivity contribution is 0.0691. The average Bonchev–Trinajstić information content (AvgIpc) is 2.37. The first-order chi connectivity index (χ1) is 9.82. The zero-order valence-corrected chi connectivity index (χ0v) is 11.6. The lowest BCUT2D eigenvalue weighted by atomic mass is 9.92. The Hall–Kier alpha value is -2.40. The minimum absolute atomic E-state index is 0.110. The number of rotatable bonds is 3. The van der Waals surface area contributed by atoms with Gasteiger partial charge in [-0.15, -0.1) is 0 Å². The first-order valence-corrected chi connectivity index (χ1v) is 6.26. The summed E-state index contributed by atoms with van der Waals surface area (Å²) in [6, 6.07) is 7.09. The quantitative estimate of drug-likeness (QED) is 0.903. The average molecular weight is 309 g/mol. The van der Waals surface area contributed by atoms with Gasteiger partial charge in [-0.05, 0) is 41.8 Å². The third-order valence-corrected chi connectivity index (χ3v) is 3.36. The Labute approximate surface area is 124 Å². The minimum atomic E-state index is -1.50. The molecule has 2 N–H and O–H groups in total. The molecule has 6 heteroatoms. The van der Waals surface area contributed by atoms with E-state index in [1.165, 1.54) is 6.92 Å². The molecule has 0 amide bonds. The summed E-state index contributed by atoms with van der Waals surface area (Å²) < 4.78 is 14.0. The molecule has 0 heterocycles. The van der Waals surface area contributed by atoms with Gasteiger partial charge in [0.2, 0.25) is 0 Å². The molecule has 2 rings (SSSR count). The maximum absolute atomic E-state index is 14.0. The van der Waals surface area contributed by atoms with Gasteiger partial charge in [-0.1, -0.05) is 23.7 Å². The van der Waals surface area contributed by atoms with Crippen LogP contribution in [0.25, 0.3) is 11.1 Å². The summed E-state index contributed by atoms with van der Waals surface area (Å²) in [6.45, 7) is 1.27. The lowest BCUT2D eigenvalue weighted by Crippen LogP contribution is -2.11. The summed E-state index contributed by atoms with van der Waals surface area (Å²) in [5.41, 5.74) is -0.448. The molecule has 0 spiro atoms. The molecular formula is C15H10ClFO4. The van der Waals surface area contributed by atoms with Gasteiger partial charge in [-0.3, -0.25) is 0 Å². The van der Waals surface area contributed by atoms with E-state index >= 15 is 0 Å². The second-order valence-electron chi connectivity index (χ2n) is 4.40. The van der Waals surface area contributed by atoms with Crippen molar-refractivity contribution < 1.29 is 24.2 Å². The van der Waals surface area contributed by atoms with Gasteiger partial charge in [0.05, 0.1) is 11.1 Å². The van der Waals surface area contributed by atoms with Gasteiger partial charge in [0, 0.05) is 5.02 Å². The largest absolute Gasteiger partial charge is 0.478 e. The molecule has 0 aromatic heterocycles. The highest BCUT2D eigenvalue weighted by Crippen LogP contribution is 2.31. The molecule has 21 heavy (non-hydrogen) atoms. The fraction of sp³-hybridized carbons (Fsp3) is 0.0667. The van der Waals surface area contributed by atoms with Crippen molar-refractivity contribution >= 4 is 23.5 Å². The standard InChI is InChI=1S/C15H10ClFO4/c1-7-12(14(18)19)10(6-11(17)13(7)15(20)21)8-2-4-9(16)5-3-8/h2-6H,1H3,(H,18,19)(H,20,21). The van der Waals surface area contributed by atoms with Crippen LogP contribution in [0.4, 0.5) is 4.39 Å². The summed E-state index contributed by atoms with van der Waals surface area (Å²) >= 11 is 5.76. The first kappa shape index (κ1) is 15.0. The summed E-state index contributed by atoms with van der Waals surface area (Å²) in [6.07, 6.45) is 0. The highest BCUT2D eigenvalue weighted by atomic mass is 35.5. The maximum Gasteiger partial charge on any atom is 0.338 e. The van der Waals surface area contributed by atoms with E-state index in [0.29, 0.717) is 10.6 Å². The van der Waals surface area contributed by atoms with E-state index in [4.69, 9.17) is 16.7 Å². The number of hydrogen-bond donors (Lipinski definition) is 2. The Morgan fingerprint density at radius 2 is 1.57 bits per heavy atom. The second kappa shape index (κ2) is 5.54. The zero-order valence-electron chi connectivity index (χ0n) is 10.9. The zero-order chi connectivity index (χ0) is 15.7. The lowest BCUT2D eigenvalue weighted by Gasteiger charge is -2.13. The predicted molar refractivity (Wildman–Crippen MR) is 75.5 cm³/mol. The molecule has 2 aromatic rings. The van der Waals surface area contributed by atoms with Crippen molar-refractivity contribution in [2.45, 2.75) is 6.92 Å². The molecule has 0 aliphatic carbocycles. The van der Waals surface area contributed by atoms with E-state index in [1.807, 2.05) is 0 Å². The van der Waals surface area contributed by atoms with Crippen LogP contribution in [0.1, 0.15) is 26.3 Å². The van der Waals surface area contributed by atoms with Crippen LogP contribution in [-0.4, -0.2) is 22.2 Å². The van der Waals surface area contributed by atoms with Gasteiger partial charge in [0.25, 0.3) is 0 Å². The van der Waals surface area contributed by atoms with E-state index < -0.39 is 23.3 Å². The van der Waals surface area contributed by atoms with Crippen LogP contribution in [0.5, 0.6) is 0 Å². The van der Waals surface area contributed by atoms with Crippen LogP contribution in [0.3, 0.4) is 0 Å². The normalized spacial score (nSPS) is 10.4. The van der Waals surface area contributed by atoms with Gasteiger partial charge in [0.1, 0.15) is 5.82 Å². The van der Waals surface area contributed by atoms with Crippen molar-refractivity contribution in [1.29, 1.82) is 0 Å². The smallest absolute Gasteiger partial charge is 0.338 e. The molecule has 0 aliphatic rings. The summed E-state index contributed by atoms with van der Waals surface area (Å²) in [5, 5.41) is 18.8. The van der Waals surface area contributed by atoms with Crippen LogP contribution in [0.15, 0.2) is 30.3 Å². The van der Waals surface area contributed by atoms with Gasteiger partial charge in [-0.2, -0.15) is 0 Å². The molecular weight excluding hydrogens is 299 g/mol. The number of hydrogen-bond acceptors (Lipinski definition) is 2. The van der Waals surface area contributed by atoms with Crippen molar-refractivity contribution in [3.05, 3.63) is 57.9 Å². The highest BCUT2D eigenvalue weighted by Gasteiger charge is 2.24. The third-order valence-electron chi connectivity index (χ3n) is 3.11. The monoisotopic (exact) mass is 308 g/mol. The SMILES string of the molecule is Cc1c(C(=O)O)c(F)cc(-c2ccc(Cl)cc2)c1C(=O)O. The molecule has 108 valence electrons. The molecule has 0 saturated carbocycles. The van der Waals surface area contributed by atoms with E-state index in [-0.39, 0.29) is 16.7 Å². The van der Waals surface area contributed by atoms with Crippen LogP contribution in [-0.2, 0) is 0 Å². The number of carbonyl (C=O) groups is 2. The molecule has 0 unspecified atom stereocenters. The van der Waals surface area contributed by atoms with Crippen LogP contribution < -0.4 is 0 Å². The van der Waals surface area contributed by atoms with Gasteiger partial charge in [0.15, 0.2) is 0 Å². The van der Waals surface area contributed by atoms with Crippen LogP contribution >= 0.6 is 11.6 Å². The Kier molecular flexibility index (Phi) is 3.95. The molecule has 2 aromatic carbocycles. The maximum atomic E-state index is 14.0. The molecule has 0 fully saturated rings. The molecule has 0 atom stereocenters. The molecule has 0 saturated heterocycles. The third kappa shape index (κ3) is 2.73. The topological polar surface area (TPSA) is 74.6 Å². The molecule has 0 bridgehead atoms. The van der Waals surface area contributed by atoms with Gasteiger partial charge in [-0.25, -0.2) is 14.0 Å². The Morgan fingerprint density at radius 3 is 2.05 bits per heavy atom. The second-order valence-corrected chi connectivity index (χ2v) is 4.83. The van der Waals surface area contributed by atoms with Crippen molar-refractivity contribution in [3.63, 3.8) is 0 Å². The van der Waals surface area contributed by atoms with E-state index in [1.54, 1.807) is 24.3 Å². The van der Waals surface area contributed by atoms with E-state index in [0.717, 1.165) is 6.07 Å². The summed E-state index contributed by atoms with van der Waals surface area (Å²) in [4.78, 5) is 22.5. The van der Waals surface area contributed by atoms with Gasteiger partial charge >= 0.3 is 11.9 Å². The Morgan fingerprint density at radius 1 is 1.05 bits per heavy atom. The molecule has 0 aliphatic heterocycles. The van der Waals surface area contributed by atoms with E-state index in [9.17, 15) is 19.1 Å². The number of benzene rings is 2. The number of carboxylic acid groups (broad SMARTS) is 2. The van der Waals surface area contributed by atoms with Gasteiger partial charge < -0.3 is 10.2 Å². The van der Waals surface area contributed by atoms with Crippen molar-refractivity contribution in [2.75, 3.05) is 0 Å². The molecule has 4 nitrogen and oxygen atoms in total. The fourth-order valence-electron chi connectivity index (χ4n) is 2.17. The highest BCUT2D eigenvalue weighted by molar-refractivity contribution is 6.30. The first-order valence-electron chi connectivity index (χ1n) is 5.88. The Bertz CT molecular complexity index is 738. The summed E-state index contributed by atoms with van der Waals surface area (Å²) in [5.74, 6) is -3.80. The van der Waals surface area contributed by atoms with Crippen LogP contribution in [0, 0.1) is 12.7 Å². The number of aromatic carboxylic acids is 2. The predicted octanol–water partition coefficient (Wildman–Crippen LogP) is 3.85. The van der Waals surface area contributed by atoms with Crippen molar-refractivity contribution in [1.82, 2.24) is 0 Å². The Balaban J connectivity index is 2.80. The van der Waals surface area contributed by atoms with Crippen molar-refractivity contribution in [3.8, 4) is 11.1 Å². The van der Waals surface area contributed by atoms with Crippen molar-refractivity contribution in [2.24, 2.45) is 0 Å². The summed E-state index contributed by atoms with van der Waals surface area (Å²) in [7, 11) is 0. The van der Waals surface area contributed by atoms with E-state index in [2.05, 4.69) is 0 Å². The van der Waals surface area contributed by atoms with Crippen LogP contribution in [0.2, 0.25) is 5.02 Å². The molecule has 0 radical (unpaired) electrons.